The number of pyridine rings is 1. The first-order valence-electron chi connectivity index (χ1n) is 12.8. The minimum Gasteiger partial charge on any atom is -0.860 e. The Morgan fingerprint density at radius 3 is 2.52 bits per heavy atom. The van der Waals surface area contributed by atoms with Gasteiger partial charge in [-0.2, -0.15) is 0 Å². The number of quaternary nitrogens is 1. The van der Waals surface area contributed by atoms with Gasteiger partial charge in [0.25, 0.3) is 11.1 Å². The number of benzene rings is 1. The second kappa shape index (κ2) is 11.6. The number of nitrogens with zero attached hydrogens (tertiary/aromatic N) is 1. The van der Waals surface area contributed by atoms with Crippen LogP contribution in [0.4, 0.5) is 0 Å². The van der Waals surface area contributed by atoms with E-state index in [1.807, 2.05) is 18.3 Å². The Kier molecular flexibility index (Phi) is 7.96. The van der Waals surface area contributed by atoms with E-state index in [9.17, 15) is 19.8 Å². The van der Waals surface area contributed by atoms with Gasteiger partial charge in [0, 0.05) is 35.5 Å². The third kappa shape index (κ3) is 5.48. The lowest BCUT2D eigenvalue weighted by Gasteiger charge is -2.33. The highest BCUT2D eigenvalue weighted by molar-refractivity contribution is 7.71. The summed E-state index contributed by atoms with van der Waals surface area (Å²) in [5.41, 5.74) is 0.390. The van der Waals surface area contributed by atoms with E-state index >= 15 is 0 Å². The lowest BCUT2D eigenvalue weighted by atomic mass is 9.85. The Balaban J connectivity index is 1.66. The molecule has 3 unspecified atom stereocenters. The van der Waals surface area contributed by atoms with Crippen molar-refractivity contribution in [2.45, 2.75) is 37.8 Å². The molecular formula is C27H28N6O5S2. The summed E-state index contributed by atoms with van der Waals surface area (Å²) in [6, 6.07) is 9.47. The van der Waals surface area contributed by atoms with Crippen molar-refractivity contribution >= 4 is 24.4 Å². The van der Waals surface area contributed by atoms with Crippen molar-refractivity contribution in [3.63, 3.8) is 0 Å². The molecule has 0 radical (unpaired) electrons. The number of nitrogens with one attached hydrogen (secondary N) is 5. The van der Waals surface area contributed by atoms with Crippen LogP contribution in [0.5, 0.6) is 17.5 Å². The van der Waals surface area contributed by atoms with E-state index < -0.39 is 28.8 Å². The third-order valence-corrected chi connectivity index (χ3v) is 7.76. The number of methoxy groups -OCH3 is 1. The lowest BCUT2D eigenvalue weighted by molar-refractivity contribution is -0.950. The molecule has 4 heterocycles. The minimum absolute atomic E-state index is 0.0979. The minimum atomic E-state index is -1.24. The molecule has 0 aliphatic carbocycles. The Morgan fingerprint density at radius 2 is 1.85 bits per heavy atom. The molecule has 4 aromatic rings. The van der Waals surface area contributed by atoms with Gasteiger partial charge in [-0.3, -0.25) is 24.5 Å². The molecule has 6 N–H and O–H groups in total. The zero-order valence-electron chi connectivity index (χ0n) is 21.6. The molecule has 3 aromatic heterocycles. The number of rotatable bonds is 7. The molecular weight excluding hydrogens is 552 g/mol. The monoisotopic (exact) mass is 580 g/mol. The maximum atomic E-state index is 13.1. The zero-order valence-corrected chi connectivity index (χ0v) is 23.2. The SMILES string of the molecule is COc1ccc(C(c2c([O-])[nH]c(=S)[nH]c2=O)c2c(O)[nH]c(=S)[nH]c2=O)cc1C[NH+]1CCCCC1c1cccnc1. The van der Waals surface area contributed by atoms with Crippen molar-refractivity contribution < 1.29 is 19.8 Å². The predicted octanol–water partition coefficient (Wildman–Crippen LogP) is 1.85. The van der Waals surface area contributed by atoms with Crippen molar-refractivity contribution in [3.05, 3.63) is 101 Å². The summed E-state index contributed by atoms with van der Waals surface area (Å²) in [5.74, 6) is -1.93. The number of ether oxygens (including phenoxy) is 1. The first kappa shape index (κ1) is 27.5. The molecule has 40 heavy (non-hydrogen) atoms. The van der Waals surface area contributed by atoms with E-state index in [4.69, 9.17) is 29.2 Å². The largest absolute Gasteiger partial charge is 0.860 e. The molecule has 0 amide bonds. The van der Waals surface area contributed by atoms with Crippen LogP contribution in [-0.2, 0) is 6.54 Å². The normalized spacial score (nSPS) is 17.8. The number of aromatic amines is 4. The van der Waals surface area contributed by atoms with E-state index in [0.29, 0.717) is 17.9 Å². The zero-order chi connectivity index (χ0) is 28.4. The predicted molar refractivity (Wildman–Crippen MR) is 150 cm³/mol. The van der Waals surface area contributed by atoms with Crippen LogP contribution in [-0.4, -0.2) is 43.7 Å². The average Bonchev–Trinajstić information content (AvgIpc) is 2.92. The summed E-state index contributed by atoms with van der Waals surface area (Å²) in [4.78, 5) is 41.6. The van der Waals surface area contributed by atoms with Gasteiger partial charge in [-0.1, -0.05) is 12.1 Å². The second-order valence-electron chi connectivity index (χ2n) is 9.75. The summed E-state index contributed by atoms with van der Waals surface area (Å²) in [6.07, 6.45) is 6.85. The molecule has 0 spiro atoms. The summed E-state index contributed by atoms with van der Waals surface area (Å²) in [7, 11) is 1.58. The Hall–Kier alpha value is -4.07. The highest BCUT2D eigenvalue weighted by Gasteiger charge is 2.31. The van der Waals surface area contributed by atoms with Gasteiger partial charge in [0.05, 0.1) is 25.1 Å². The van der Waals surface area contributed by atoms with Crippen molar-refractivity contribution in [1.29, 1.82) is 0 Å². The maximum Gasteiger partial charge on any atom is 0.259 e. The Labute approximate surface area is 238 Å². The molecule has 13 heteroatoms. The number of aromatic nitrogens is 5. The maximum absolute atomic E-state index is 13.1. The smallest absolute Gasteiger partial charge is 0.259 e. The summed E-state index contributed by atoms with van der Waals surface area (Å²) in [5, 5.41) is 23.8. The number of hydrogen-bond acceptors (Lipinski definition) is 8. The highest BCUT2D eigenvalue weighted by Crippen LogP contribution is 2.36. The van der Waals surface area contributed by atoms with E-state index in [2.05, 4.69) is 31.0 Å². The van der Waals surface area contributed by atoms with E-state index in [1.165, 1.54) is 4.90 Å². The van der Waals surface area contributed by atoms with E-state index in [1.54, 1.807) is 25.4 Å². The molecule has 1 saturated heterocycles. The van der Waals surface area contributed by atoms with Gasteiger partial charge < -0.3 is 29.8 Å². The van der Waals surface area contributed by atoms with Crippen molar-refractivity contribution in [1.82, 2.24) is 24.9 Å². The highest BCUT2D eigenvalue weighted by atomic mass is 32.1. The van der Waals surface area contributed by atoms with Crippen LogP contribution in [0.2, 0.25) is 0 Å². The van der Waals surface area contributed by atoms with Gasteiger partial charge in [-0.15, -0.1) is 0 Å². The van der Waals surface area contributed by atoms with E-state index in [0.717, 1.165) is 36.9 Å². The van der Waals surface area contributed by atoms with E-state index in [-0.39, 0.29) is 26.7 Å². The quantitative estimate of drug-likeness (QED) is 0.180. The molecule has 1 fully saturated rings. The fraction of sp³-hybridized carbons (Fsp3) is 0.296. The Morgan fingerprint density at radius 1 is 1.10 bits per heavy atom. The van der Waals surface area contributed by atoms with Crippen LogP contribution in [0, 0.1) is 9.54 Å². The number of piperidine rings is 1. The number of hydrogen-bond donors (Lipinski definition) is 6. The lowest BCUT2D eigenvalue weighted by Crippen LogP contribution is -3.11. The summed E-state index contributed by atoms with van der Waals surface area (Å²) < 4.78 is 5.45. The van der Waals surface area contributed by atoms with Crippen LogP contribution < -0.4 is 25.9 Å². The molecule has 5 rings (SSSR count). The van der Waals surface area contributed by atoms with Gasteiger partial charge in [0.2, 0.25) is 0 Å². The van der Waals surface area contributed by atoms with Gasteiger partial charge >= 0.3 is 0 Å². The first-order chi connectivity index (χ1) is 19.3. The molecule has 208 valence electrons. The van der Waals surface area contributed by atoms with Gasteiger partial charge in [0.15, 0.2) is 15.4 Å². The molecule has 1 aliphatic rings. The third-order valence-electron chi connectivity index (χ3n) is 7.36. The van der Waals surface area contributed by atoms with Gasteiger partial charge in [0.1, 0.15) is 18.3 Å². The topological polar surface area (TPSA) is 167 Å². The van der Waals surface area contributed by atoms with Crippen LogP contribution in [0.15, 0.2) is 52.3 Å². The number of aromatic hydroxyl groups is 1. The fourth-order valence-electron chi connectivity index (χ4n) is 5.60. The first-order valence-corrected chi connectivity index (χ1v) is 13.6. The van der Waals surface area contributed by atoms with Crippen molar-refractivity contribution in [2.24, 2.45) is 0 Å². The number of likely N-dealkylation sites (tertiary alicyclic amines) is 1. The van der Waals surface area contributed by atoms with Gasteiger partial charge in [-0.05, 0) is 66.9 Å². The van der Waals surface area contributed by atoms with Crippen LogP contribution in [0.3, 0.4) is 0 Å². The summed E-state index contributed by atoms with van der Waals surface area (Å²) in [6.45, 7) is 1.52. The second-order valence-corrected chi connectivity index (χ2v) is 10.6. The average molecular weight is 581 g/mol. The molecule has 0 saturated carbocycles. The molecule has 0 bridgehead atoms. The van der Waals surface area contributed by atoms with Crippen molar-refractivity contribution in [2.75, 3.05) is 13.7 Å². The van der Waals surface area contributed by atoms with Crippen LogP contribution >= 0.6 is 24.4 Å². The van der Waals surface area contributed by atoms with Crippen molar-refractivity contribution in [3.8, 4) is 17.5 Å². The molecule has 3 atom stereocenters. The fourth-order valence-corrected chi connectivity index (χ4v) is 5.98. The standard InChI is InChI=1S/C27H28N6O5S2/c1-38-18-8-7-14(11-16(18)13-33-10-3-2-6-17(33)15-5-4-9-28-12-15)19(20-22(34)29-26(39)30-23(20)35)21-24(36)31-27(40)32-25(21)37/h4-5,7-9,11-12,17,19H,2-3,6,10,13H2,1H3,(H3,29,30,34,35,39)(H3,31,32,36,37,40). The summed E-state index contributed by atoms with van der Waals surface area (Å²) >= 11 is 9.95. The Bertz CT molecular complexity index is 1690. The van der Waals surface area contributed by atoms with Crippen LogP contribution in [0.1, 0.15) is 59.0 Å². The molecule has 1 aliphatic heterocycles. The molecule has 1 aromatic carbocycles. The van der Waals surface area contributed by atoms with Gasteiger partial charge in [-0.25, -0.2) is 0 Å². The number of H-pyrrole nitrogens is 4. The van der Waals surface area contributed by atoms with Crippen LogP contribution in [0.25, 0.3) is 0 Å². The molecule has 11 nitrogen and oxygen atoms in total.